The third kappa shape index (κ3) is 4.24. The molecule has 3 aromatic carbocycles. The van der Waals surface area contributed by atoms with Gasteiger partial charge in [0.25, 0.3) is 5.56 Å². The van der Waals surface area contributed by atoms with E-state index in [1.165, 1.54) is 16.9 Å². The molecule has 2 aliphatic rings. The van der Waals surface area contributed by atoms with Gasteiger partial charge in [0.1, 0.15) is 17.3 Å². The van der Waals surface area contributed by atoms with Crippen LogP contribution in [0.4, 0.5) is 0 Å². The van der Waals surface area contributed by atoms with Crippen molar-refractivity contribution in [1.29, 1.82) is 0 Å². The van der Waals surface area contributed by atoms with E-state index in [0.29, 0.717) is 30.9 Å². The van der Waals surface area contributed by atoms with Gasteiger partial charge < -0.3 is 9.15 Å². The van der Waals surface area contributed by atoms with Crippen LogP contribution >= 0.6 is 34.5 Å². The number of ether oxygens (including phenoxy) is 1. The summed E-state index contributed by atoms with van der Waals surface area (Å²) >= 11 is 13.6. The van der Waals surface area contributed by atoms with E-state index < -0.39 is 0 Å². The molecule has 0 radical (unpaired) electrons. The summed E-state index contributed by atoms with van der Waals surface area (Å²) < 4.78 is 13.9. The number of hydrogen-bond acceptors (Lipinski definition) is 5. The molecule has 1 atom stereocenters. The molecule has 0 spiro atoms. The van der Waals surface area contributed by atoms with Crippen LogP contribution < -0.4 is 19.6 Å². The number of fused-ring (bicyclic) bond motifs is 3. The van der Waals surface area contributed by atoms with Crippen molar-refractivity contribution in [3.63, 3.8) is 0 Å². The summed E-state index contributed by atoms with van der Waals surface area (Å²) in [5, 5.41) is 0.935. The van der Waals surface area contributed by atoms with Crippen LogP contribution in [0.3, 0.4) is 0 Å². The van der Waals surface area contributed by atoms with Crippen molar-refractivity contribution in [3.8, 4) is 17.1 Å². The number of furan rings is 1. The third-order valence-corrected chi connectivity index (χ3v) is 9.13. The van der Waals surface area contributed by atoms with Crippen molar-refractivity contribution in [2.45, 2.75) is 18.9 Å². The van der Waals surface area contributed by atoms with Gasteiger partial charge in [-0.25, -0.2) is 4.99 Å². The first-order chi connectivity index (χ1) is 19.5. The second-order valence-electron chi connectivity index (χ2n) is 9.72. The third-order valence-electron chi connectivity index (χ3n) is 7.41. The molecule has 198 valence electrons. The second kappa shape index (κ2) is 9.97. The lowest BCUT2D eigenvalue weighted by molar-refractivity contribution is 0.414. The Morgan fingerprint density at radius 2 is 1.82 bits per heavy atom. The Bertz CT molecular complexity index is 2000. The zero-order valence-corrected chi connectivity index (χ0v) is 23.7. The molecule has 1 aliphatic heterocycles. The molecule has 0 N–H and O–H groups in total. The molecule has 0 saturated heterocycles. The quantitative estimate of drug-likeness (QED) is 0.231. The molecular weight excluding hydrogens is 563 g/mol. The maximum absolute atomic E-state index is 14.0. The highest BCUT2D eigenvalue weighted by molar-refractivity contribution is 7.07. The van der Waals surface area contributed by atoms with Gasteiger partial charge in [-0.3, -0.25) is 9.36 Å². The Morgan fingerprint density at radius 1 is 1.00 bits per heavy atom. The number of benzene rings is 3. The zero-order valence-electron chi connectivity index (χ0n) is 21.4. The number of methoxy groups -OCH3 is 1. The fourth-order valence-electron chi connectivity index (χ4n) is 5.47. The molecule has 5 nitrogen and oxygen atoms in total. The summed E-state index contributed by atoms with van der Waals surface area (Å²) in [6.45, 7) is 0. The van der Waals surface area contributed by atoms with E-state index >= 15 is 0 Å². The normalized spacial score (nSPS) is 16.3. The van der Waals surface area contributed by atoms with Gasteiger partial charge in [-0.1, -0.05) is 70.9 Å². The number of rotatable bonds is 4. The van der Waals surface area contributed by atoms with E-state index in [1.54, 1.807) is 25.3 Å². The van der Waals surface area contributed by atoms with Crippen molar-refractivity contribution < 1.29 is 9.15 Å². The Labute approximate surface area is 243 Å². The number of nitrogens with zero attached hydrogens (tertiary/aromatic N) is 2. The van der Waals surface area contributed by atoms with Gasteiger partial charge in [-0.2, -0.15) is 0 Å². The predicted octanol–water partition coefficient (Wildman–Crippen LogP) is 6.89. The first kappa shape index (κ1) is 25.1. The van der Waals surface area contributed by atoms with E-state index in [0.717, 1.165) is 46.6 Å². The second-order valence-corrected chi connectivity index (χ2v) is 11.5. The number of thiazole rings is 1. The average molecular weight is 586 g/mol. The van der Waals surface area contributed by atoms with E-state index in [9.17, 15) is 4.79 Å². The first-order valence-corrected chi connectivity index (χ1v) is 14.4. The fourth-order valence-corrected chi connectivity index (χ4v) is 6.75. The van der Waals surface area contributed by atoms with Crippen LogP contribution in [0.15, 0.2) is 98.6 Å². The number of halogens is 2. The van der Waals surface area contributed by atoms with Gasteiger partial charge in [0.05, 0.1) is 33.4 Å². The largest absolute Gasteiger partial charge is 0.497 e. The molecule has 0 saturated carbocycles. The predicted molar refractivity (Wildman–Crippen MR) is 160 cm³/mol. The van der Waals surface area contributed by atoms with Crippen molar-refractivity contribution >= 4 is 46.3 Å². The molecule has 0 bridgehead atoms. The summed E-state index contributed by atoms with van der Waals surface area (Å²) in [6.07, 6.45) is 3.53. The molecule has 2 aromatic heterocycles. The van der Waals surface area contributed by atoms with Crippen LogP contribution in [-0.4, -0.2) is 11.7 Å². The van der Waals surface area contributed by atoms with Crippen LogP contribution in [0.25, 0.3) is 23.1 Å². The first-order valence-electron chi connectivity index (χ1n) is 12.8. The summed E-state index contributed by atoms with van der Waals surface area (Å²) in [7, 11) is 1.65. The molecule has 0 unspecified atom stereocenters. The SMILES string of the molecule is COc1ccc([C@H]2C3=C(N=c4s/c(=C/c5ccc(-c6ccc(Cl)c(Cl)c6)o5)c(=O)n42)c2ccccc2CC3)cc1. The Kier molecular flexibility index (Phi) is 6.27. The average Bonchev–Trinajstić information content (AvgIpc) is 3.57. The minimum Gasteiger partial charge on any atom is -0.497 e. The van der Waals surface area contributed by atoms with E-state index in [4.69, 9.17) is 37.3 Å². The molecule has 0 amide bonds. The topological polar surface area (TPSA) is 56.7 Å². The molecular formula is C32H22Cl2N2O3S. The van der Waals surface area contributed by atoms with Crippen LogP contribution in [0, 0.1) is 0 Å². The number of aromatic nitrogens is 1. The van der Waals surface area contributed by atoms with Crippen molar-refractivity contribution in [3.05, 3.63) is 137 Å². The van der Waals surface area contributed by atoms with Gasteiger partial charge in [-0.15, -0.1) is 0 Å². The Balaban J connectivity index is 1.38. The molecule has 5 aromatic rings. The Morgan fingerprint density at radius 3 is 2.62 bits per heavy atom. The number of allylic oxidation sites excluding steroid dienone is 1. The van der Waals surface area contributed by atoms with Crippen LogP contribution in [0.2, 0.25) is 10.0 Å². The minimum absolute atomic E-state index is 0.0949. The lowest BCUT2D eigenvalue weighted by atomic mass is 9.83. The van der Waals surface area contributed by atoms with Gasteiger partial charge in [-0.05, 0) is 72.0 Å². The Hall–Kier alpha value is -3.84. The highest BCUT2D eigenvalue weighted by Crippen LogP contribution is 2.41. The molecule has 7 rings (SSSR count). The van der Waals surface area contributed by atoms with Crippen molar-refractivity contribution in [2.75, 3.05) is 7.11 Å². The molecule has 8 heteroatoms. The maximum atomic E-state index is 14.0. The molecule has 0 fully saturated rings. The lowest BCUT2D eigenvalue weighted by Crippen LogP contribution is -2.38. The van der Waals surface area contributed by atoms with E-state index in [-0.39, 0.29) is 11.6 Å². The van der Waals surface area contributed by atoms with Gasteiger partial charge in [0, 0.05) is 17.2 Å². The number of aryl methyl sites for hydroxylation is 1. The molecule has 1 aliphatic carbocycles. The molecule has 3 heterocycles. The monoisotopic (exact) mass is 584 g/mol. The summed E-state index contributed by atoms with van der Waals surface area (Å²) in [4.78, 5) is 19.7. The molecule has 40 heavy (non-hydrogen) atoms. The van der Waals surface area contributed by atoms with Gasteiger partial charge >= 0.3 is 0 Å². The van der Waals surface area contributed by atoms with Gasteiger partial charge in [0.2, 0.25) is 0 Å². The number of hydrogen-bond donors (Lipinski definition) is 0. The summed E-state index contributed by atoms with van der Waals surface area (Å²) in [5.41, 5.74) is 6.28. The standard InChI is InChI=1S/C32H22Cl2N2O3S/c1-38-21-10-6-19(7-11-21)30-24-13-8-18-4-2-3-5-23(18)29(24)35-32-36(30)31(37)28(40-32)17-22-12-15-27(39-22)20-9-14-25(33)26(34)16-20/h2-7,9-12,14-17,30H,8,13H2,1H3/b28-17+/t30-/m0/s1. The maximum Gasteiger partial charge on any atom is 0.271 e. The summed E-state index contributed by atoms with van der Waals surface area (Å²) in [5.74, 6) is 1.98. The highest BCUT2D eigenvalue weighted by atomic mass is 35.5. The fraction of sp³-hybridized carbons (Fsp3) is 0.125. The van der Waals surface area contributed by atoms with Crippen LogP contribution in [0.1, 0.15) is 34.9 Å². The lowest BCUT2D eigenvalue weighted by Gasteiger charge is -2.30. The van der Waals surface area contributed by atoms with Crippen molar-refractivity contribution in [2.24, 2.45) is 4.99 Å². The smallest absolute Gasteiger partial charge is 0.271 e. The minimum atomic E-state index is -0.254. The van der Waals surface area contributed by atoms with Crippen molar-refractivity contribution in [1.82, 2.24) is 4.57 Å². The highest BCUT2D eigenvalue weighted by Gasteiger charge is 2.32. The van der Waals surface area contributed by atoms with E-state index in [1.807, 2.05) is 53.1 Å². The van der Waals surface area contributed by atoms with E-state index in [2.05, 4.69) is 18.2 Å². The van der Waals surface area contributed by atoms with Crippen LogP contribution in [0.5, 0.6) is 5.75 Å². The van der Waals surface area contributed by atoms with Crippen LogP contribution in [-0.2, 0) is 6.42 Å². The van der Waals surface area contributed by atoms with Gasteiger partial charge in [0.15, 0.2) is 4.80 Å². The zero-order chi connectivity index (χ0) is 27.4. The summed E-state index contributed by atoms with van der Waals surface area (Å²) in [6, 6.07) is 25.1.